The highest BCUT2D eigenvalue weighted by Crippen LogP contribution is 2.30. The molecule has 0 fully saturated rings. The molecule has 0 bridgehead atoms. The lowest BCUT2D eigenvalue weighted by Crippen LogP contribution is -2.05. The number of fused-ring (bicyclic) bond motifs is 1. The number of nitrogens with zero attached hydrogens (tertiary/aromatic N) is 2. The first-order chi connectivity index (χ1) is 11.7. The number of rotatable bonds is 4. The van der Waals surface area contributed by atoms with Gasteiger partial charge in [0.05, 0.1) is 18.5 Å². The SMILES string of the molecule is COc1ccc(Cc2nn(-c3ccc(C)cc3)c3c2CCN3)cc1. The topological polar surface area (TPSA) is 39.1 Å². The summed E-state index contributed by atoms with van der Waals surface area (Å²) in [4.78, 5) is 0. The van der Waals surface area contributed by atoms with Gasteiger partial charge in [-0.1, -0.05) is 29.8 Å². The summed E-state index contributed by atoms with van der Waals surface area (Å²) in [5.41, 5.74) is 6.10. The molecule has 24 heavy (non-hydrogen) atoms. The average Bonchev–Trinajstić information content (AvgIpc) is 3.20. The fraction of sp³-hybridized carbons (Fsp3) is 0.250. The smallest absolute Gasteiger partial charge is 0.133 e. The summed E-state index contributed by atoms with van der Waals surface area (Å²) in [5.74, 6) is 2.03. The van der Waals surface area contributed by atoms with Gasteiger partial charge in [-0.2, -0.15) is 5.10 Å². The molecular weight excluding hydrogens is 298 g/mol. The quantitative estimate of drug-likeness (QED) is 0.796. The van der Waals surface area contributed by atoms with Crippen LogP contribution in [-0.4, -0.2) is 23.4 Å². The summed E-state index contributed by atoms with van der Waals surface area (Å²) in [6, 6.07) is 16.7. The van der Waals surface area contributed by atoms with Crippen molar-refractivity contribution in [2.24, 2.45) is 0 Å². The molecule has 1 N–H and O–H groups in total. The van der Waals surface area contributed by atoms with Gasteiger partial charge in [0, 0.05) is 18.5 Å². The maximum atomic E-state index is 5.24. The molecule has 0 atom stereocenters. The molecule has 3 aromatic rings. The maximum Gasteiger partial charge on any atom is 0.133 e. The van der Waals surface area contributed by atoms with E-state index in [1.807, 2.05) is 16.8 Å². The van der Waals surface area contributed by atoms with E-state index in [9.17, 15) is 0 Å². The van der Waals surface area contributed by atoms with Crippen molar-refractivity contribution in [2.75, 3.05) is 19.0 Å². The van der Waals surface area contributed by atoms with Crippen molar-refractivity contribution in [3.63, 3.8) is 0 Å². The number of methoxy groups -OCH3 is 1. The minimum absolute atomic E-state index is 0.840. The molecule has 1 aliphatic rings. The molecule has 0 amide bonds. The molecule has 0 saturated carbocycles. The zero-order valence-electron chi connectivity index (χ0n) is 14.0. The zero-order valence-corrected chi connectivity index (χ0v) is 14.0. The number of hydrogen-bond acceptors (Lipinski definition) is 3. The van der Waals surface area contributed by atoms with E-state index in [4.69, 9.17) is 9.84 Å². The second kappa shape index (κ2) is 6.04. The van der Waals surface area contributed by atoms with Crippen molar-refractivity contribution >= 4 is 5.82 Å². The largest absolute Gasteiger partial charge is 0.497 e. The second-order valence-electron chi connectivity index (χ2n) is 6.22. The third-order valence-corrected chi connectivity index (χ3v) is 4.54. The van der Waals surface area contributed by atoms with Crippen LogP contribution in [0.1, 0.15) is 22.4 Å². The van der Waals surface area contributed by atoms with Crippen LogP contribution in [0.3, 0.4) is 0 Å². The fourth-order valence-corrected chi connectivity index (χ4v) is 3.20. The molecule has 4 heteroatoms. The minimum atomic E-state index is 0.840. The molecule has 4 nitrogen and oxygen atoms in total. The van der Waals surface area contributed by atoms with E-state index < -0.39 is 0 Å². The number of ether oxygens (including phenoxy) is 1. The predicted molar refractivity (Wildman–Crippen MR) is 96.3 cm³/mol. The van der Waals surface area contributed by atoms with Crippen LogP contribution in [0.4, 0.5) is 5.82 Å². The Morgan fingerprint density at radius 1 is 1.08 bits per heavy atom. The summed E-state index contributed by atoms with van der Waals surface area (Å²) >= 11 is 0. The number of anilines is 1. The van der Waals surface area contributed by atoms with Crippen LogP contribution in [0, 0.1) is 6.92 Å². The van der Waals surface area contributed by atoms with Gasteiger partial charge in [-0.15, -0.1) is 0 Å². The zero-order chi connectivity index (χ0) is 16.5. The Morgan fingerprint density at radius 2 is 1.83 bits per heavy atom. The predicted octanol–water partition coefficient (Wildman–Crippen LogP) is 3.75. The van der Waals surface area contributed by atoms with E-state index in [-0.39, 0.29) is 0 Å². The highest BCUT2D eigenvalue weighted by Gasteiger charge is 2.22. The molecule has 4 rings (SSSR count). The summed E-state index contributed by atoms with van der Waals surface area (Å²) in [5, 5.41) is 8.38. The van der Waals surface area contributed by atoms with Gasteiger partial charge < -0.3 is 10.1 Å². The Kier molecular flexibility index (Phi) is 3.73. The number of aromatic nitrogens is 2. The van der Waals surface area contributed by atoms with Gasteiger partial charge in [-0.3, -0.25) is 0 Å². The number of nitrogens with one attached hydrogen (secondary N) is 1. The molecule has 0 saturated heterocycles. The van der Waals surface area contributed by atoms with Crippen molar-refractivity contribution in [3.05, 3.63) is 70.9 Å². The highest BCUT2D eigenvalue weighted by atomic mass is 16.5. The standard InChI is InChI=1S/C20H21N3O/c1-14-3-7-16(8-4-14)23-20-18(11-12-21-20)19(22-23)13-15-5-9-17(24-2)10-6-15/h3-10,21H,11-13H2,1-2H3. The van der Waals surface area contributed by atoms with Crippen LogP contribution < -0.4 is 10.1 Å². The minimum Gasteiger partial charge on any atom is -0.497 e. The number of benzene rings is 2. The summed E-state index contributed by atoms with van der Waals surface area (Å²) in [6.07, 6.45) is 1.87. The van der Waals surface area contributed by atoms with Crippen LogP contribution in [0.25, 0.3) is 5.69 Å². The van der Waals surface area contributed by atoms with E-state index in [2.05, 4.69) is 48.6 Å². The molecule has 122 valence electrons. The van der Waals surface area contributed by atoms with Crippen LogP contribution in [0.2, 0.25) is 0 Å². The molecule has 0 aliphatic carbocycles. The molecular formula is C20H21N3O. The van der Waals surface area contributed by atoms with Gasteiger partial charge in [0.15, 0.2) is 0 Å². The van der Waals surface area contributed by atoms with Crippen LogP contribution >= 0.6 is 0 Å². The Morgan fingerprint density at radius 3 is 2.54 bits per heavy atom. The Balaban J connectivity index is 1.68. The molecule has 0 unspecified atom stereocenters. The van der Waals surface area contributed by atoms with Crippen molar-refractivity contribution in [2.45, 2.75) is 19.8 Å². The Bertz CT molecular complexity index is 848. The first kappa shape index (κ1) is 14.8. The lowest BCUT2D eigenvalue weighted by atomic mass is 10.1. The Labute approximate surface area is 142 Å². The second-order valence-corrected chi connectivity index (χ2v) is 6.22. The van der Waals surface area contributed by atoms with Gasteiger partial charge in [0.2, 0.25) is 0 Å². The van der Waals surface area contributed by atoms with Crippen molar-refractivity contribution in [1.29, 1.82) is 0 Å². The lowest BCUT2D eigenvalue weighted by Gasteiger charge is -2.06. The van der Waals surface area contributed by atoms with E-state index in [0.717, 1.165) is 42.3 Å². The van der Waals surface area contributed by atoms with Crippen LogP contribution in [-0.2, 0) is 12.8 Å². The Hall–Kier alpha value is -2.75. The molecule has 2 heterocycles. The van der Waals surface area contributed by atoms with E-state index in [1.165, 1.54) is 16.7 Å². The van der Waals surface area contributed by atoms with Gasteiger partial charge >= 0.3 is 0 Å². The number of aryl methyl sites for hydroxylation is 1. The first-order valence-electron chi connectivity index (χ1n) is 8.29. The lowest BCUT2D eigenvalue weighted by molar-refractivity contribution is 0.414. The summed E-state index contributed by atoms with van der Waals surface area (Å²) in [7, 11) is 1.69. The van der Waals surface area contributed by atoms with Crippen molar-refractivity contribution in [3.8, 4) is 11.4 Å². The fourth-order valence-electron chi connectivity index (χ4n) is 3.20. The number of hydrogen-bond donors (Lipinski definition) is 1. The van der Waals surface area contributed by atoms with E-state index in [1.54, 1.807) is 7.11 Å². The van der Waals surface area contributed by atoms with Gasteiger partial charge in [-0.25, -0.2) is 4.68 Å². The third kappa shape index (κ3) is 2.64. The van der Waals surface area contributed by atoms with E-state index in [0.29, 0.717) is 0 Å². The molecule has 2 aromatic carbocycles. The summed E-state index contributed by atoms with van der Waals surface area (Å²) in [6.45, 7) is 3.08. The molecule has 1 aliphatic heterocycles. The third-order valence-electron chi connectivity index (χ3n) is 4.54. The van der Waals surface area contributed by atoms with Crippen molar-refractivity contribution < 1.29 is 4.74 Å². The van der Waals surface area contributed by atoms with Crippen LogP contribution in [0.15, 0.2) is 48.5 Å². The van der Waals surface area contributed by atoms with Gasteiger partial charge in [0.1, 0.15) is 11.6 Å². The monoisotopic (exact) mass is 319 g/mol. The van der Waals surface area contributed by atoms with Crippen LogP contribution in [0.5, 0.6) is 5.75 Å². The normalized spacial score (nSPS) is 12.8. The average molecular weight is 319 g/mol. The summed E-state index contributed by atoms with van der Waals surface area (Å²) < 4.78 is 7.28. The molecule has 0 radical (unpaired) electrons. The van der Waals surface area contributed by atoms with Gasteiger partial charge in [0.25, 0.3) is 0 Å². The highest BCUT2D eigenvalue weighted by molar-refractivity contribution is 5.57. The first-order valence-corrected chi connectivity index (χ1v) is 8.29. The van der Waals surface area contributed by atoms with Gasteiger partial charge in [-0.05, 0) is 43.2 Å². The maximum absolute atomic E-state index is 5.24. The van der Waals surface area contributed by atoms with E-state index >= 15 is 0 Å². The molecule has 1 aromatic heterocycles. The molecule has 0 spiro atoms. The van der Waals surface area contributed by atoms with Crippen molar-refractivity contribution in [1.82, 2.24) is 9.78 Å².